The van der Waals surface area contributed by atoms with Crippen LogP contribution in [0.2, 0.25) is 5.02 Å². The molecule has 1 aliphatic carbocycles. The Morgan fingerprint density at radius 3 is 2.27 bits per heavy atom. The van der Waals surface area contributed by atoms with Crippen molar-refractivity contribution in [1.29, 1.82) is 0 Å². The lowest BCUT2D eigenvalue weighted by Gasteiger charge is -2.13. The van der Waals surface area contributed by atoms with Gasteiger partial charge < -0.3 is 24.8 Å². The molecule has 0 unspecified atom stereocenters. The summed E-state index contributed by atoms with van der Waals surface area (Å²) in [7, 11) is 0. The van der Waals surface area contributed by atoms with E-state index >= 15 is 0 Å². The van der Waals surface area contributed by atoms with Gasteiger partial charge in [-0.3, -0.25) is 19.1 Å². The number of thiophene rings is 1. The normalized spacial score (nSPS) is 14.3. The number of benzene rings is 2. The number of aromatic nitrogens is 4. The third-order valence-corrected chi connectivity index (χ3v) is 11.1. The van der Waals surface area contributed by atoms with Crippen molar-refractivity contribution in [2.24, 2.45) is 4.99 Å². The van der Waals surface area contributed by atoms with Gasteiger partial charge in [-0.2, -0.15) is 13.5 Å². The van der Waals surface area contributed by atoms with E-state index in [1.54, 1.807) is 11.3 Å². The van der Waals surface area contributed by atoms with Crippen LogP contribution < -0.4 is 10.6 Å². The van der Waals surface area contributed by atoms with Crippen LogP contribution in [-0.4, -0.2) is 89.9 Å². The lowest BCUT2D eigenvalue weighted by molar-refractivity contribution is -0.121. The van der Waals surface area contributed by atoms with Crippen LogP contribution in [0.15, 0.2) is 65.8 Å². The zero-order chi connectivity index (χ0) is 38.3. The maximum Gasteiger partial charge on any atom is 0.222 e. The molecule has 0 saturated heterocycles. The van der Waals surface area contributed by atoms with E-state index in [0.717, 1.165) is 61.3 Å². The number of hydrogen-bond acceptors (Lipinski definition) is 11. The number of fused-ring (bicyclic) bond motifs is 4. The second-order valence-corrected chi connectivity index (χ2v) is 15.2. The molecule has 15 heteroatoms. The second kappa shape index (κ2) is 19.1. The molecule has 5 aromatic rings. The minimum atomic E-state index is -0.530. The van der Waals surface area contributed by atoms with E-state index in [1.165, 1.54) is 4.88 Å². The van der Waals surface area contributed by atoms with Gasteiger partial charge in [0.05, 0.1) is 51.8 Å². The van der Waals surface area contributed by atoms with E-state index in [-0.39, 0.29) is 31.6 Å². The van der Waals surface area contributed by atoms with Crippen LogP contribution in [0.5, 0.6) is 0 Å². The van der Waals surface area contributed by atoms with Gasteiger partial charge in [0.2, 0.25) is 5.91 Å². The van der Waals surface area contributed by atoms with E-state index in [0.29, 0.717) is 76.4 Å². The van der Waals surface area contributed by atoms with Crippen molar-refractivity contribution in [3.8, 4) is 16.1 Å². The van der Waals surface area contributed by atoms with Gasteiger partial charge in [0.25, 0.3) is 0 Å². The number of aryl methyl sites for hydroxylation is 2. The highest BCUT2D eigenvalue weighted by Gasteiger charge is 2.32. The molecule has 0 saturated carbocycles. The summed E-state index contributed by atoms with van der Waals surface area (Å²) in [5.74, 6) is 2.29. The largest absolute Gasteiger partial charge is 0.377 e. The Kier molecular flexibility index (Phi) is 14.1. The second-order valence-electron chi connectivity index (χ2n) is 13.5. The smallest absolute Gasteiger partial charge is 0.222 e. The fourth-order valence-corrected chi connectivity index (χ4v) is 8.08. The summed E-state index contributed by atoms with van der Waals surface area (Å²) >= 11 is 7.89. The Morgan fingerprint density at radius 1 is 0.857 bits per heavy atom. The number of ether oxygens (including phenoxy) is 3. The predicted molar refractivity (Wildman–Crippen MR) is 224 cm³/mol. The molecule has 2 N–H and O–H groups in total. The lowest BCUT2D eigenvalue weighted by Crippen LogP contribution is -2.29. The van der Waals surface area contributed by atoms with Gasteiger partial charge in [-0.15, -0.1) is 21.5 Å². The monoisotopic (exact) mass is 815 g/mol. The Morgan fingerprint density at radius 2 is 1.54 bits per heavy atom. The van der Waals surface area contributed by atoms with Crippen molar-refractivity contribution in [2.45, 2.75) is 46.1 Å². The Labute approximate surface area is 342 Å². The molecule has 7 rings (SSSR count). The maximum atomic E-state index is 13.2. The zero-order valence-corrected chi connectivity index (χ0v) is 34.3. The highest BCUT2D eigenvalue weighted by molar-refractivity contribution is 7.59. The fraction of sp³-hybridized carbons (Fsp3) is 0.366. The van der Waals surface area contributed by atoms with Gasteiger partial charge in [0, 0.05) is 58.7 Å². The molecule has 4 heterocycles. The molecular formula is C41H46ClN7O5S2. The molecule has 0 radical (unpaired) electrons. The first-order valence-corrected chi connectivity index (χ1v) is 19.6. The van der Waals surface area contributed by atoms with Crippen LogP contribution in [0.3, 0.4) is 0 Å². The minimum absolute atomic E-state index is 0. The molecule has 56 heavy (non-hydrogen) atoms. The molecule has 0 spiro atoms. The number of carbonyl (C=O) groups is 2. The summed E-state index contributed by atoms with van der Waals surface area (Å²) in [6.45, 7) is 9.73. The molecule has 3 aromatic heterocycles. The van der Waals surface area contributed by atoms with Crippen molar-refractivity contribution in [2.75, 3.05) is 58.0 Å². The third-order valence-electron chi connectivity index (χ3n) is 9.68. The maximum absolute atomic E-state index is 13.2. The summed E-state index contributed by atoms with van der Waals surface area (Å²) in [5, 5.41) is 16.7. The summed E-state index contributed by atoms with van der Waals surface area (Å²) in [5.41, 5.74) is 8.25. The number of pyridine rings is 1. The Balaban J connectivity index is 0.00000532. The quantitative estimate of drug-likeness (QED) is 0.103. The summed E-state index contributed by atoms with van der Waals surface area (Å²) in [6, 6.07) is 17.3. The lowest BCUT2D eigenvalue weighted by atomic mass is 9.99. The Hall–Kier alpha value is -4.44. The first-order chi connectivity index (χ1) is 26.7. The van der Waals surface area contributed by atoms with Crippen LogP contribution in [0.25, 0.3) is 16.1 Å². The Bertz CT molecular complexity index is 2190. The molecule has 0 bridgehead atoms. The number of hydrogen-bond donors (Lipinski definition) is 2. The number of carbonyl (C=O) groups excluding carboxylic acids is 2. The molecule has 1 atom stereocenters. The van der Waals surface area contributed by atoms with Gasteiger partial charge >= 0.3 is 0 Å². The average molecular weight is 816 g/mol. The highest BCUT2D eigenvalue weighted by Crippen LogP contribution is 2.39. The van der Waals surface area contributed by atoms with E-state index in [4.69, 9.17) is 30.8 Å². The molecule has 2 aromatic carbocycles. The number of amides is 1. The van der Waals surface area contributed by atoms with Crippen LogP contribution in [0.1, 0.15) is 56.8 Å². The van der Waals surface area contributed by atoms with Crippen LogP contribution >= 0.6 is 36.4 Å². The first-order valence-electron chi connectivity index (χ1n) is 18.4. The molecule has 2 aliphatic rings. The van der Waals surface area contributed by atoms with Crippen LogP contribution in [-0.2, 0) is 36.6 Å². The van der Waals surface area contributed by atoms with Gasteiger partial charge in [0.1, 0.15) is 28.5 Å². The van der Waals surface area contributed by atoms with Crippen molar-refractivity contribution in [3.63, 3.8) is 0 Å². The fourth-order valence-electron chi connectivity index (χ4n) is 6.74. The van der Waals surface area contributed by atoms with Crippen molar-refractivity contribution < 1.29 is 23.8 Å². The van der Waals surface area contributed by atoms with E-state index in [2.05, 4.69) is 51.8 Å². The average Bonchev–Trinajstić information content (AvgIpc) is 3.82. The number of Topliss-reactive ketones (excluding diaryl/α,β-unsaturated/α-hetero) is 1. The minimum Gasteiger partial charge on any atom is -0.377 e. The van der Waals surface area contributed by atoms with Crippen molar-refractivity contribution >= 4 is 59.7 Å². The van der Waals surface area contributed by atoms with E-state index in [1.807, 2.05) is 60.2 Å². The van der Waals surface area contributed by atoms with Gasteiger partial charge in [0.15, 0.2) is 5.82 Å². The predicted octanol–water partition coefficient (Wildman–Crippen LogP) is 6.31. The number of nitrogens with zero attached hydrogens (tertiary/aromatic N) is 5. The number of rotatable bonds is 17. The summed E-state index contributed by atoms with van der Waals surface area (Å²) in [6.07, 6.45) is 3.02. The van der Waals surface area contributed by atoms with Crippen LogP contribution in [0.4, 0.5) is 5.82 Å². The molecule has 12 nitrogen and oxygen atoms in total. The van der Waals surface area contributed by atoms with E-state index < -0.39 is 6.04 Å². The van der Waals surface area contributed by atoms with E-state index in [9.17, 15) is 9.59 Å². The van der Waals surface area contributed by atoms with Gasteiger partial charge in [-0.25, -0.2) is 4.98 Å². The number of aliphatic imine (C=N–C) groups is 1. The molecule has 1 aliphatic heterocycles. The zero-order valence-electron chi connectivity index (χ0n) is 31.7. The van der Waals surface area contributed by atoms with Crippen LogP contribution in [0, 0.1) is 20.8 Å². The third kappa shape index (κ3) is 9.74. The molecular weight excluding hydrogens is 770 g/mol. The SMILES string of the molecule is Cc1sc2c(c1C)C(c1ccc(Cl)cc1)=N[C@@H](CC(=O)NCCOCCOCCOCCNc1ccc(-c3ccc4c(c3)CC(=O)C4)cn1)c1nnc(C)n1-2.S. The first kappa shape index (κ1) is 41.2. The molecule has 294 valence electrons. The molecule has 1 amide bonds. The topological polar surface area (TPSA) is 142 Å². The highest BCUT2D eigenvalue weighted by atomic mass is 35.5. The number of ketones is 1. The number of halogens is 1. The van der Waals surface area contributed by atoms with Gasteiger partial charge in [-0.1, -0.05) is 41.9 Å². The molecule has 0 fully saturated rings. The summed E-state index contributed by atoms with van der Waals surface area (Å²) in [4.78, 5) is 35.8. The number of nitrogens with one attached hydrogen (secondary N) is 2. The standard InChI is InChI=1S/C41H44ClN7O5S.H2S/c1-25-26(2)55-41-38(25)39(28-6-9-33(42)10-7-28)46-35(40-48-47-27(3)49(40)41)23-37(51)44-13-15-53-17-19-54-18-16-52-14-12-43-36-11-8-31(24-45-36)29-4-5-30-21-34(50)22-32(30)20-29;/h4-11,20,24,35H,12-19,21-23H2,1-3H3,(H,43,45)(H,44,51);1H2/t35-;/m0./s1. The van der Waals surface area contributed by atoms with Crippen molar-refractivity contribution in [3.05, 3.63) is 110 Å². The van der Waals surface area contributed by atoms with Gasteiger partial charge in [-0.05, 0) is 67.3 Å². The van der Waals surface area contributed by atoms with Crippen molar-refractivity contribution in [1.82, 2.24) is 25.1 Å². The number of anilines is 1. The summed E-state index contributed by atoms with van der Waals surface area (Å²) < 4.78 is 19.0.